The predicted molar refractivity (Wildman–Crippen MR) is 73.6 cm³/mol. The Morgan fingerprint density at radius 3 is 2.71 bits per heavy atom. The second-order valence-corrected chi connectivity index (χ2v) is 4.44. The molecule has 2 aromatic rings. The second kappa shape index (κ2) is 6.03. The molecule has 2 aromatic carbocycles. The number of fused-ring (bicyclic) bond motifs is 1. The van der Waals surface area contributed by atoms with Gasteiger partial charge in [0.1, 0.15) is 12.4 Å². The van der Waals surface area contributed by atoms with E-state index in [0.717, 1.165) is 16.8 Å². The molecule has 0 saturated heterocycles. The Morgan fingerprint density at radius 1 is 1.06 bits per heavy atom. The SMILES string of the molecule is CCOCCOc1ccc2ccccc2c1Br. The fourth-order valence-corrected chi connectivity index (χ4v) is 2.29. The van der Waals surface area contributed by atoms with Crippen LogP contribution >= 0.6 is 15.9 Å². The van der Waals surface area contributed by atoms with Gasteiger partial charge in [-0.1, -0.05) is 30.3 Å². The summed E-state index contributed by atoms with van der Waals surface area (Å²) in [4.78, 5) is 0. The van der Waals surface area contributed by atoms with Crippen molar-refractivity contribution in [3.05, 3.63) is 40.9 Å². The van der Waals surface area contributed by atoms with Crippen molar-refractivity contribution in [2.45, 2.75) is 6.92 Å². The van der Waals surface area contributed by atoms with E-state index in [0.29, 0.717) is 13.2 Å². The van der Waals surface area contributed by atoms with Crippen molar-refractivity contribution >= 4 is 26.7 Å². The number of hydrogen-bond acceptors (Lipinski definition) is 2. The second-order valence-electron chi connectivity index (χ2n) is 3.64. The van der Waals surface area contributed by atoms with Gasteiger partial charge in [0, 0.05) is 6.61 Å². The first-order valence-electron chi connectivity index (χ1n) is 5.70. The first-order chi connectivity index (χ1) is 8.33. The first-order valence-corrected chi connectivity index (χ1v) is 6.50. The highest BCUT2D eigenvalue weighted by Gasteiger charge is 2.05. The van der Waals surface area contributed by atoms with Crippen LogP contribution in [0.25, 0.3) is 10.8 Å². The van der Waals surface area contributed by atoms with Gasteiger partial charge in [-0.25, -0.2) is 0 Å². The summed E-state index contributed by atoms with van der Waals surface area (Å²) in [6.07, 6.45) is 0. The van der Waals surface area contributed by atoms with Gasteiger partial charge in [0.2, 0.25) is 0 Å². The number of rotatable bonds is 5. The molecule has 0 aliphatic rings. The van der Waals surface area contributed by atoms with E-state index in [-0.39, 0.29) is 0 Å². The van der Waals surface area contributed by atoms with Crippen LogP contribution in [-0.4, -0.2) is 19.8 Å². The molecule has 0 radical (unpaired) electrons. The maximum Gasteiger partial charge on any atom is 0.134 e. The van der Waals surface area contributed by atoms with Crippen LogP contribution < -0.4 is 4.74 Å². The van der Waals surface area contributed by atoms with Gasteiger partial charge in [0.15, 0.2) is 0 Å². The molecule has 0 heterocycles. The van der Waals surface area contributed by atoms with Crippen LogP contribution in [0.2, 0.25) is 0 Å². The summed E-state index contributed by atoms with van der Waals surface area (Å²) in [5.41, 5.74) is 0. The normalized spacial score (nSPS) is 10.7. The molecule has 2 rings (SSSR count). The quantitative estimate of drug-likeness (QED) is 0.776. The Kier molecular flexibility index (Phi) is 4.40. The van der Waals surface area contributed by atoms with Crippen molar-refractivity contribution in [3.8, 4) is 5.75 Å². The summed E-state index contributed by atoms with van der Waals surface area (Å²) in [5, 5.41) is 2.37. The average molecular weight is 295 g/mol. The lowest BCUT2D eigenvalue weighted by atomic mass is 10.1. The summed E-state index contributed by atoms with van der Waals surface area (Å²) in [6, 6.07) is 12.3. The molecule has 0 aliphatic heterocycles. The van der Waals surface area contributed by atoms with Gasteiger partial charge >= 0.3 is 0 Å². The Morgan fingerprint density at radius 2 is 1.88 bits per heavy atom. The molecular formula is C14H15BrO2. The summed E-state index contributed by atoms with van der Waals surface area (Å²) >= 11 is 3.59. The van der Waals surface area contributed by atoms with Gasteiger partial charge in [-0.2, -0.15) is 0 Å². The fraction of sp³-hybridized carbons (Fsp3) is 0.286. The van der Waals surface area contributed by atoms with E-state index in [1.165, 1.54) is 10.8 Å². The molecule has 3 heteroatoms. The third-order valence-electron chi connectivity index (χ3n) is 2.52. The number of halogens is 1. The molecule has 2 nitrogen and oxygen atoms in total. The highest BCUT2D eigenvalue weighted by molar-refractivity contribution is 9.10. The van der Waals surface area contributed by atoms with Crippen LogP contribution in [0.1, 0.15) is 6.92 Å². The third-order valence-corrected chi connectivity index (χ3v) is 3.34. The fourth-order valence-electron chi connectivity index (χ4n) is 1.68. The van der Waals surface area contributed by atoms with E-state index in [9.17, 15) is 0 Å². The zero-order chi connectivity index (χ0) is 12.1. The number of ether oxygens (including phenoxy) is 2. The Bertz CT molecular complexity index is 497. The van der Waals surface area contributed by atoms with Crippen LogP contribution in [-0.2, 0) is 4.74 Å². The van der Waals surface area contributed by atoms with E-state index in [2.05, 4.69) is 34.1 Å². The molecule has 0 aliphatic carbocycles. The molecule has 0 N–H and O–H groups in total. The minimum Gasteiger partial charge on any atom is -0.490 e. The Balaban J connectivity index is 2.15. The van der Waals surface area contributed by atoms with Crippen molar-refractivity contribution in [2.24, 2.45) is 0 Å². The predicted octanol–water partition coefficient (Wildman–Crippen LogP) is 4.02. The third kappa shape index (κ3) is 2.99. The zero-order valence-electron chi connectivity index (χ0n) is 9.78. The molecule has 0 amide bonds. The molecule has 0 aromatic heterocycles. The van der Waals surface area contributed by atoms with Crippen molar-refractivity contribution in [3.63, 3.8) is 0 Å². The summed E-state index contributed by atoms with van der Waals surface area (Å²) < 4.78 is 11.9. The van der Waals surface area contributed by atoms with Gasteiger partial charge in [0.05, 0.1) is 11.1 Å². The molecule has 0 spiro atoms. The molecular weight excluding hydrogens is 280 g/mol. The van der Waals surface area contributed by atoms with Crippen LogP contribution in [0.5, 0.6) is 5.75 Å². The molecule has 0 unspecified atom stereocenters. The lowest BCUT2D eigenvalue weighted by Crippen LogP contribution is -2.06. The van der Waals surface area contributed by atoms with E-state index < -0.39 is 0 Å². The van der Waals surface area contributed by atoms with Crippen molar-refractivity contribution < 1.29 is 9.47 Å². The van der Waals surface area contributed by atoms with Gasteiger partial charge < -0.3 is 9.47 Å². The van der Waals surface area contributed by atoms with Crippen LogP contribution in [0.3, 0.4) is 0 Å². The lowest BCUT2D eigenvalue weighted by Gasteiger charge is -2.10. The van der Waals surface area contributed by atoms with Crippen LogP contribution in [0.4, 0.5) is 0 Å². The zero-order valence-corrected chi connectivity index (χ0v) is 11.4. The average Bonchev–Trinajstić information content (AvgIpc) is 2.37. The smallest absolute Gasteiger partial charge is 0.134 e. The summed E-state index contributed by atoms with van der Waals surface area (Å²) in [7, 11) is 0. The van der Waals surface area contributed by atoms with Crippen molar-refractivity contribution in [1.82, 2.24) is 0 Å². The highest BCUT2D eigenvalue weighted by Crippen LogP contribution is 2.32. The maximum absolute atomic E-state index is 5.68. The summed E-state index contributed by atoms with van der Waals surface area (Å²) in [5.74, 6) is 0.864. The molecule has 90 valence electrons. The minimum absolute atomic E-state index is 0.574. The first kappa shape index (κ1) is 12.4. The van der Waals surface area contributed by atoms with E-state index in [1.807, 2.05) is 25.1 Å². The van der Waals surface area contributed by atoms with Gasteiger partial charge in [-0.3, -0.25) is 0 Å². The van der Waals surface area contributed by atoms with Gasteiger partial charge in [0.25, 0.3) is 0 Å². The Labute approximate surface area is 110 Å². The Hall–Kier alpha value is -1.06. The highest BCUT2D eigenvalue weighted by atomic mass is 79.9. The molecule has 0 atom stereocenters. The van der Waals surface area contributed by atoms with Crippen LogP contribution in [0, 0.1) is 0 Å². The van der Waals surface area contributed by atoms with Crippen LogP contribution in [0.15, 0.2) is 40.9 Å². The van der Waals surface area contributed by atoms with E-state index >= 15 is 0 Å². The van der Waals surface area contributed by atoms with E-state index in [1.54, 1.807) is 0 Å². The van der Waals surface area contributed by atoms with Crippen molar-refractivity contribution in [2.75, 3.05) is 19.8 Å². The standard InChI is InChI=1S/C14H15BrO2/c1-2-16-9-10-17-13-8-7-11-5-3-4-6-12(11)14(13)15/h3-8H,2,9-10H2,1H3. The van der Waals surface area contributed by atoms with Crippen molar-refractivity contribution in [1.29, 1.82) is 0 Å². The topological polar surface area (TPSA) is 18.5 Å². The van der Waals surface area contributed by atoms with E-state index in [4.69, 9.17) is 9.47 Å². The molecule has 0 bridgehead atoms. The molecule has 0 fully saturated rings. The van der Waals surface area contributed by atoms with Gasteiger partial charge in [-0.15, -0.1) is 0 Å². The van der Waals surface area contributed by atoms with Gasteiger partial charge in [-0.05, 0) is 39.7 Å². The lowest BCUT2D eigenvalue weighted by molar-refractivity contribution is 0.110. The maximum atomic E-state index is 5.68. The largest absolute Gasteiger partial charge is 0.490 e. The number of benzene rings is 2. The molecule has 17 heavy (non-hydrogen) atoms. The monoisotopic (exact) mass is 294 g/mol. The summed E-state index contributed by atoms with van der Waals surface area (Å²) in [6.45, 7) is 3.90. The number of hydrogen-bond donors (Lipinski definition) is 0. The minimum atomic E-state index is 0.574. The molecule has 0 saturated carbocycles.